The Morgan fingerprint density at radius 3 is 2.12 bits per heavy atom. The van der Waals surface area contributed by atoms with Crippen LogP contribution in [0.2, 0.25) is 0 Å². The number of hydrogen-bond acceptors (Lipinski definition) is 4. The number of carbonyl (C=O) groups excluding carboxylic acids is 4. The zero-order valence-corrected chi connectivity index (χ0v) is 19.9. The molecule has 0 aliphatic heterocycles. The Bertz CT molecular complexity index is 1120. The van der Waals surface area contributed by atoms with Crippen LogP contribution in [0, 0.1) is 33.5 Å². The molecular weight excluding hydrogens is 412 g/mol. The predicted octanol–water partition coefficient (Wildman–Crippen LogP) is 5.34. The van der Waals surface area contributed by atoms with E-state index in [2.05, 4.69) is 13.2 Å². The molecule has 0 N–H and O–H groups in total. The summed E-state index contributed by atoms with van der Waals surface area (Å²) >= 11 is 0. The number of carbonyl (C=O) groups is 4. The molecule has 0 heterocycles. The zero-order chi connectivity index (χ0) is 24.4. The molecule has 4 nitrogen and oxygen atoms in total. The van der Waals surface area contributed by atoms with E-state index in [1.165, 1.54) is 0 Å². The minimum absolute atomic E-state index is 0.113. The Hall–Kier alpha value is -2.88. The molecular formula is C29H32O4. The Morgan fingerprint density at radius 1 is 0.970 bits per heavy atom. The van der Waals surface area contributed by atoms with Crippen molar-refractivity contribution < 1.29 is 19.2 Å². The maximum absolute atomic E-state index is 14.6. The van der Waals surface area contributed by atoms with Crippen molar-refractivity contribution in [2.24, 2.45) is 33.5 Å². The second-order valence-electron chi connectivity index (χ2n) is 10.8. The first kappa shape index (κ1) is 23.3. The molecule has 0 amide bonds. The van der Waals surface area contributed by atoms with E-state index < -0.39 is 44.9 Å². The van der Waals surface area contributed by atoms with Gasteiger partial charge < -0.3 is 0 Å². The Labute approximate surface area is 195 Å². The van der Waals surface area contributed by atoms with Gasteiger partial charge in [-0.3, -0.25) is 19.2 Å². The molecule has 4 heteroatoms. The Kier molecular flexibility index (Phi) is 5.16. The van der Waals surface area contributed by atoms with E-state index in [1.807, 2.05) is 33.8 Å². The minimum Gasteiger partial charge on any atom is -0.297 e. The molecule has 4 fully saturated rings. The highest BCUT2D eigenvalue weighted by Gasteiger charge is 2.86. The summed E-state index contributed by atoms with van der Waals surface area (Å²) in [6, 6.07) is 8.54. The van der Waals surface area contributed by atoms with Gasteiger partial charge in [-0.1, -0.05) is 68.0 Å². The number of rotatable bonds is 7. The topological polar surface area (TPSA) is 68.3 Å². The third kappa shape index (κ3) is 2.47. The Morgan fingerprint density at radius 2 is 1.58 bits per heavy atom. The molecule has 0 saturated heterocycles. The summed E-state index contributed by atoms with van der Waals surface area (Å²) in [7, 11) is 0. The van der Waals surface area contributed by atoms with Gasteiger partial charge in [-0.15, -0.1) is 13.2 Å². The SMILES string of the molecule is C=CC[C@]12C[C@@H]3[C@@H](C=C(C)C)[C@](CC=C)(C1=O)C(=O)[C@](C(=O)c1ccccc1)(C2=O)C3(C)C. The quantitative estimate of drug-likeness (QED) is 0.323. The number of Topliss-reactive ketones (excluding diaryl/α,β-unsaturated/α-hetero) is 4. The van der Waals surface area contributed by atoms with Crippen LogP contribution in [0.5, 0.6) is 0 Å². The van der Waals surface area contributed by atoms with Crippen LogP contribution >= 0.6 is 0 Å². The fourth-order valence-corrected chi connectivity index (χ4v) is 7.32. The summed E-state index contributed by atoms with van der Waals surface area (Å²) in [5.41, 5.74) is -4.43. The number of ketones is 4. The van der Waals surface area contributed by atoms with Crippen molar-refractivity contribution in [3.8, 4) is 0 Å². The molecule has 4 aliphatic carbocycles. The molecule has 4 aliphatic rings. The van der Waals surface area contributed by atoms with Crippen LogP contribution in [0.25, 0.3) is 0 Å². The van der Waals surface area contributed by atoms with E-state index in [4.69, 9.17) is 0 Å². The van der Waals surface area contributed by atoms with Gasteiger partial charge in [-0.2, -0.15) is 0 Å². The first-order valence-corrected chi connectivity index (χ1v) is 11.6. The van der Waals surface area contributed by atoms with Crippen LogP contribution in [0.15, 0.2) is 67.3 Å². The van der Waals surface area contributed by atoms with Crippen LogP contribution in [0.4, 0.5) is 0 Å². The fourth-order valence-electron chi connectivity index (χ4n) is 7.32. The van der Waals surface area contributed by atoms with E-state index >= 15 is 0 Å². The van der Waals surface area contributed by atoms with Crippen LogP contribution in [0.3, 0.4) is 0 Å². The molecule has 172 valence electrons. The van der Waals surface area contributed by atoms with Gasteiger partial charge in [0.2, 0.25) is 0 Å². The van der Waals surface area contributed by atoms with Crippen LogP contribution < -0.4 is 0 Å². The number of allylic oxidation sites excluding steroid dienone is 4. The standard InChI is InChI=1S/C29H32O4/c1-7-14-27-17-21-20(16-18(3)4)28(15-8-2,23(27)31)25(33)29(24(27)32,26(21,5)6)22(30)19-12-10-9-11-13-19/h7-13,16,20-21H,1-2,14-15,17H2,3-6H3/t20-,21-,27+,28-,29+/m1/s1. The lowest BCUT2D eigenvalue weighted by atomic mass is 9.27. The molecule has 0 spiro atoms. The molecule has 5 atom stereocenters. The molecule has 1 aromatic rings. The molecule has 5 rings (SSSR count). The maximum atomic E-state index is 14.6. The smallest absolute Gasteiger partial charge is 0.184 e. The molecule has 33 heavy (non-hydrogen) atoms. The summed E-state index contributed by atoms with van der Waals surface area (Å²) in [5.74, 6) is -2.50. The van der Waals surface area contributed by atoms with Gasteiger partial charge in [0, 0.05) is 11.5 Å². The van der Waals surface area contributed by atoms with E-state index in [9.17, 15) is 19.2 Å². The lowest BCUT2D eigenvalue weighted by molar-refractivity contribution is -0.209. The van der Waals surface area contributed by atoms with E-state index in [-0.39, 0.29) is 24.5 Å². The van der Waals surface area contributed by atoms with Crippen molar-refractivity contribution in [2.45, 2.75) is 47.0 Å². The van der Waals surface area contributed by atoms with Crippen molar-refractivity contribution >= 4 is 23.1 Å². The van der Waals surface area contributed by atoms with Gasteiger partial charge in [0.25, 0.3) is 0 Å². The zero-order valence-electron chi connectivity index (χ0n) is 19.9. The van der Waals surface area contributed by atoms with Gasteiger partial charge >= 0.3 is 0 Å². The third-order valence-corrected chi connectivity index (χ3v) is 8.67. The predicted molar refractivity (Wildman–Crippen MR) is 128 cm³/mol. The van der Waals surface area contributed by atoms with Crippen LogP contribution in [-0.4, -0.2) is 23.1 Å². The molecule has 1 aromatic carbocycles. The first-order valence-electron chi connectivity index (χ1n) is 11.6. The van der Waals surface area contributed by atoms with Gasteiger partial charge in [-0.25, -0.2) is 0 Å². The highest BCUT2D eigenvalue weighted by atomic mass is 16.2. The van der Waals surface area contributed by atoms with Gasteiger partial charge in [-0.05, 0) is 44.4 Å². The average Bonchev–Trinajstić information content (AvgIpc) is 2.76. The van der Waals surface area contributed by atoms with Gasteiger partial charge in [0.15, 0.2) is 28.5 Å². The van der Waals surface area contributed by atoms with Crippen molar-refractivity contribution in [3.63, 3.8) is 0 Å². The summed E-state index contributed by atoms with van der Waals surface area (Å²) < 4.78 is 0. The average molecular weight is 445 g/mol. The molecule has 0 aromatic heterocycles. The van der Waals surface area contributed by atoms with E-state index in [0.717, 1.165) is 5.57 Å². The van der Waals surface area contributed by atoms with Gasteiger partial charge in [0.1, 0.15) is 0 Å². The monoisotopic (exact) mass is 444 g/mol. The van der Waals surface area contributed by atoms with E-state index in [0.29, 0.717) is 12.0 Å². The van der Waals surface area contributed by atoms with Crippen molar-refractivity contribution in [3.05, 3.63) is 72.9 Å². The fraction of sp³-hybridized carbons (Fsp3) is 0.448. The van der Waals surface area contributed by atoms with E-state index in [1.54, 1.807) is 42.5 Å². The summed E-state index contributed by atoms with van der Waals surface area (Å²) in [6.07, 6.45) is 5.76. The second-order valence-corrected chi connectivity index (χ2v) is 10.8. The maximum Gasteiger partial charge on any atom is 0.184 e. The molecule has 0 unspecified atom stereocenters. The molecule has 4 bridgehead atoms. The number of benzene rings is 1. The van der Waals surface area contributed by atoms with Crippen molar-refractivity contribution in [1.29, 1.82) is 0 Å². The number of hydrogen-bond donors (Lipinski definition) is 0. The summed E-state index contributed by atoms with van der Waals surface area (Å²) in [5, 5.41) is 0. The highest BCUT2D eigenvalue weighted by Crippen LogP contribution is 2.75. The molecule has 0 radical (unpaired) electrons. The summed E-state index contributed by atoms with van der Waals surface area (Å²) in [4.78, 5) is 57.5. The highest BCUT2D eigenvalue weighted by molar-refractivity contribution is 6.42. The first-order chi connectivity index (χ1) is 15.5. The minimum atomic E-state index is -1.91. The molecule has 4 saturated carbocycles. The lowest BCUT2D eigenvalue weighted by Crippen LogP contribution is -2.83. The largest absolute Gasteiger partial charge is 0.297 e. The van der Waals surface area contributed by atoms with Crippen molar-refractivity contribution in [1.82, 2.24) is 0 Å². The Balaban J connectivity index is 2.13. The second kappa shape index (κ2) is 7.31. The third-order valence-electron chi connectivity index (χ3n) is 8.67. The van der Waals surface area contributed by atoms with Crippen LogP contribution in [-0.2, 0) is 14.4 Å². The summed E-state index contributed by atoms with van der Waals surface area (Å²) in [6.45, 7) is 15.3. The lowest BCUT2D eigenvalue weighted by Gasteiger charge is -2.70. The normalized spacial score (nSPS) is 35.9. The van der Waals surface area contributed by atoms with Gasteiger partial charge in [0.05, 0.1) is 10.8 Å². The van der Waals surface area contributed by atoms with Crippen LogP contribution in [0.1, 0.15) is 57.3 Å². The van der Waals surface area contributed by atoms with Crippen molar-refractivity contribution in [2.75, 3.05) is 0 Å².